The van der Waals surface area contributed by atoms with Crippen LogP contribution in [0.25, 0.3) is 0 Å². The number of Topliss-reactive ketones (excluding diaryl/α,β-unsaturated/α-hetero) is 1. The molecule has 1 N–H and O–H groups in total. The number of nitrogens with one attached hydrogen (secondary N) is 1. The van der Waals surface area contributed by atoms with Crippen LogP contribution in [0, 0.1) is 5.92 Å². The molecule has 0 aliphatic heterocycles. The summed E-state index contributed by atoms with van der Waals surface area (Å²) in [6.07, 6.45) is 4.94. The van der Waals surface area contributed by atoms with Crippen LogP contribution in [-0.4, -0.2) is 12.3 Å². The van der Waals surface area contributed by atoms with Crippen molar-refractivity contribution in [2.24, 2.45) is 5.92 Å². The van der Waals surface area contributed by atoms with Gasteiger partial charge < -0.3 is 5.32 Å². The Morgan fingerprint density at radius 3 is 2.67 bits per heavy atom. The Hall–Kier alpha value is -0.790. The van der Waals surface area contributed by atoms with E-state index in [4.69, 9.17) is 0 Å². The molecule has 0 aliphatic carbocycles. The summed E-state index contributed by atoms with van der Waals surface area (Å²) in [7, 11) is 0. The standard InChI is InChI=1S/C10H19NO/c1-4-10(12)6-5-7-11-8-9(2)3/h5,7,9,11H,4,6,8H2,1-3H3/b7-5+. The molecule has 0 aromatic carbocycles. The number of hydrogen-bond donors (Lipinski definition) is 1. The van der Waals surface area contributed by atoms with Gasteiger partial charge in [0.15, 0.2) is 0 Å². The highest BCUT2D eigenvalue weighted by molar-refractivity contribution is 5.79. The SMILES string of the molecule is CCC(=O)C/C=C/NCC(C)C. The van der Waals surface area contributed by atoms with Crippen LogP contribution in [0.15, 0.2) is 12.3 Å². The molecule has 0 rings (SSSR count). The second kappa shape index (κ2) is 6.89. The van der Waals surface area contributed by atoms with Crippen molar-refractivity contribution < 1.29 is 4.79 Å². The maximum Gasteiger partial charge on any atom is 0.136 e. The number of allylic oxidation sites excluding steroid dienone is 1. The number of ketones is 1. The molecule has 0 unspecified atom stereocenters. The minimum absolute atomic E-state index is 0.289. The van der Waals surface area contributed by atoms with E-state index in [2.05, 4.69) is 19.2 Å². The fourth-order valence-corrected chi connectivity index (χ4v) is 0.722. The van der Waals surface area contributed by atoms with Crippen LogP contribution in [0.4, 0.5) is 0 Å². The van der Waals surface area contributed by atoms with Crippen LogP contribution in [-0.2, 0) is 4.79 Å². The molecule has 12 heavy (non-hydrogen) atoms. The Bertz CT molecular complexity index is 150. The van der Waals surface area contributed by atoms with Gasteiger partial charge in [-0.15, -0.1) is 0 Å². The first-order valence-corrected chi connectivity index (χ1v) is 4.57. The molecule has 0 aromatic rings. The number of rotatable bonds is 6. The van der Waals surface area contributed by atoms with E-state index in [0.29, 0.717) is 18.8 Å². The van der Waals surface area contributed by atoms with E-state index >= 15 is 0 Å². The second-order valence-electron chi connectivity index (χ2n) is 3.30. The zero-order valence-electron chi connectivity index (χ0n) is 8.26. The summed E-state index contributed by atoms with van der Waals surface area (Å²) in [6, 6.07) is 0. The van der Waals surface area contributed by atoms with Gasteiger partial charge in [0, 0.05) is 19.4 Å². The van der Waals surface area contributed by atoms with Crippen molar-refractivity contribution in [1.82, 2.24) is 5.32 Å². The van der Waals surface area contributed by atoms with Gasteiger partial charge >= 0.3 is 0 Å². The van der Waals surface area contributed by atoms with E-state index in [9.17, 15) is 4.79 Å². The first kappa shape index (κ1) is 11.2. The molecule has 0 heterocycles. The average molecular weight is 169 g/mol. The molecular formula is C10H19NO. The predicted molar refractivity (Wildman–Crippen MR) is 51.9 cm³/mol. The normalized spacial score (nSPS) is 11.0. The molecule has 0 bridgehead atoms. The maximum atomic E-state index is 10.8. The molecular weight excluding hydrogens is 150 g/mol. The Kier molecular flexibility index (Phi) is 6.44. The molecule has 0 saturated carbocycles. The largest absolute Gasteiger partial charge is 0.391 e. The van der Waals surface area contributed by atoms with Gasteiger partial charge in [-0.3, -0.25) is 4.79 Å². The smallest absolute Gasteiger partial charge is 0.136 e. The van der Waals surface area contributed by atoms with Gasteiger partial charge in [0.25, 0.3) is 0 Å². The number of carbonyl (C=O) groups excluding carboxylic acids is 1. The highest BCUT2D eigenvalue weighted by Crippen LogP contribution is 1.90. The van der Waals surface area contributed by atoms with Gasteiger partial charge in [0.2, 0.25) is 0 Å². The summed E-state index contributed by atoms with van der Waals surface area (Å²) in [5.74, 6) is 0.939. The van der Waals surface area contributed by atoms with Crippen LogP contribution < -0.4 is 5.32 Å². The minimum atomic E-state index is 0.289. The fraction of sp³-hybridized carbons (Fsp3) is 0.700. The molecule has 2 heteroatoms. The van der Waals surface area contributed by atoms with Crippen molar-refractivity contribution >= 4 is 5.78 Å². The summed E-state index contributed by atoms with van der Waals surface area (Å²) in [4.78, 5) is 10.8. The zero-order chi connectivity index (χ0) is 9.40. The summed E-state index contributed by atoms with van der Waals surface area (Å²) in [5.41, 5.74) is 0. The van der Waals surface area contributed by atoms with Crippen molar-refractivity contribution in [3.8, 4) is 0 Å². The lowest BCUT2D eigenvalue weighted by Gasteiger charge is -2.02. The van der Waals surface area contributed by atoms with E-state index in [-0.39, 0.29) is 5.78 Å². The maximum absolute atomic E-state index is 10.8. The molecule has 0 amide bonds. The van der Waals surface area contributed by atoms with Crippen LogP contribution >= 0.6 is 0 Å². The van der Waals surface area contributed by atoms with Gasteiger partial charge in [-0.1, -0.05) is 26.8 Å². The monoisotopic (exact) mass is 169 g/mol. The second-order valence-corrected chi connectivity index (χ2v) is 3.30. The number of carbonyl (C=O) groups is 1. The third-order valence-electron chi connectivity index (χ3n) is 1.50. The van der Waals surface area contributed by atoms with E-state index in [1.807, 2.05) is 19.2 Å². The molecule has 70 valence electrons. The third-order valence-corrected chi connectivity index (χ3v) is 1.50. The zero-order valence-corrected chi connectivity index (χ0v) is 8.26. The average Bonchev–Trinajstić information content (AvgIpc) is 2.03. The highest BCUT2D eigenvalue weighted by atomic mass is 16.1. The van der Waals surface area contributed by atoms with Gasteiger partial charge in [-0.2, -0.15) is 0 Å². The van der Waals surface area contributed by atoms with Crippen LogP contribution in [0.2, 0.25) is 0 Å². The predicted octanol–water partition coefficient (Wildman–Crippen LogP) is 2.11. The quantitative estimate of drug-likeness (QED) is 0.660. The summed E-state index contributed by atoms with van der Waals surface area (Å²) >= 11 is 0. The fourth-order valence-electron chi connectivity index (χ4n) is 0.722. The lowest BCUT2D eigenvalue weighted by molar-refractivity contribution is -0.117. The highest BCUT2D eigenvalue weighted by Gasteiger charge is 1.92. The van der Waals surface area contributed by atoms with Gasteiger partial charge in [0.05, 0.1) is 0 Å². The lowest BCUT2D eigenvalue weighted by Crippen LogP contribution is -2.12. The summed E-state index contributed by atoms with van der Waals surface area (Å²) in [6.45, 7) is 7.16. The molecule has 0 aliphatic rings. The summed E-state index contributed by atoms with van der Waals surface area (Å²) in [5, 5.41) is 3.13. The topological polar surface area (TPSA) is 29.1 Å². The van der Waals surface area contributed by atoms with Gasteiger partial charge in [0.1, 0.15) is 5.78 Å². The molecule has 0 spiro atoms. The Morgan fingerprint density at radius 1 is 1.50 bits per heavy atom. The van der Waals surface area contributed by atoms with E-state index in [1.54, 1.807) is 0 Å². The molecule has 2 nitrogen and oxygen atoms in total. The lowest BCUT2D eigenvalue weighted by atomic mass is 10.2. The molecule has 0 radical (unpaired) electrons. The van der Waals surface area contributed by atoms with E-state index in [1.165, 1.54) is 0 Å². The van der Waals surface area contributed by atoms with Gasteiger partial charge in [-0.25, -0.2) is 0 Å². The first-order valence-electron chi connectivity index (χ1n) is 4.57. The van der Waals surface area contributed by atoms with Crippen LogP contribution in [0.1, 0.15) is 33.6 Å². The third kappa shape index (κ3) is 7.32. The molecule has 0 atom stereocenters. The molecule has 0 aromatic heterocycles. The Balaban J connectivity index is 3.31. The van der Waals surface area contributed by atoms with Crippen molar-refractivity contribution in [2.45, 2.75) is 33.6 Å². The first-order chi connectivity index (χ1) is 5.66. The molecule has 0 saturated heterocycles. The Morgan fingerprint density at radius 2 is 2.17 bits per heavy atom. The minimum Gasteiger partial charge on any atom is -0.391 e. The van der Waals surface area contributed by atoms with Crippen molar-refractivity contribution in [3.05, 3.63) is 12.3 Å². The Labute approximate surface area is 75.0 Å². The van der Waals surface area contributed by atoms with Gasteiger partial charge in [-0.05, 0) is 12.1 Å². The van der Waals surface area contributed by atoms with E-state index in [0.717, 1.165) is 6.54 Å². The molecule has 0 fully saturated rings. The van der Waals surface area contributed by atoms with Crippen molar-refractivity contribution in [3.63, 3.8) is 0 Å². The summed E-state index contributed by atoms with van der Waals surface area (Å²) < 4.78 is 0. The van der Waals surface area contributed by atoms with Crippen LogP contribution in [0.5, 0.6) is 0 Å². The van der Waals surface area contributed by atoms with Crippen LogP contribution in [0.3, 0.4) is 0 Å². The number of hydrogen-bond acceptors (Lipinski definition) is 2. The van der Waals surface area contributed by atoms with E-state index < -0.39 is 0 Å². The van der Waals surface area contributed by atoms with Crippen molar-refractivity contribution in [1.29, 1.82) is 0 Å². The van der Waals surface area contributed by atoms with Crippen molar-refractivity contribution in [2.75, 3.05) is 6.54 Å².